The molecule has 0 amide bonds. The van der Waals surface area contributed by atoms with Crippen molar-refractivity contribution in [2.24, 2.45) is 17.3 Å². The molecule has 0 aromatic carbocycles. The first kappa shape index (κ1) is 28.6. The SMILES string of the molecule is COC(=O)C1(C(=O)OC)CC[C@H](C(C)C)/C(=C/[Si]([Si](C)(C)C)([Si](C)(C)C)[Si](C)(C)C)C1. The molecule has 0 spiro atoms. The summed E-state index contributed by atoms with van der Waals surface area (Å²) in [4.78, 5) is 25.9. The molecule has 1 atom stereocenters. The predicted octanol–water partition coefficient (Wildman–Crippen LogP) is 5.94. The molecule has 0 heterocycles. The fraction of sp³-hybridized carbons (Fsp3) is 0.826. The molecule has 8 heteroatoms. The zero-order chi connectivity index (χ0) is 24.6. The molecule has 1 aliphatic rings. The van der Waals surface area contributed by atoms with Crippen molar-refractivity contribution in [2.45, 2.75) is 92.0 Å². The van der Waals surface area contributed by atoms with E-state index in [-0.39, 0.29) is 0 Å². The minimum absolute atomic E-state index is 0.415. The molecule has 1 rings (SSSR count). The van der Waals surface area contributed by atoms with Crippen LogP contribution in [0.4, 0.5) is 0 Å². The summed E-state index contributed by atoms with van der Waals surface area (Å²) >= 11 is 0. The average Bonchev–Trinajstić information content (AvgIpc) is 2.60. The molecule has 4 nitrogen and oxygen atoms in total. The van der Waals surface area contributed by atoms with Gasteiger partial charge in [-0.2, -0.15) is 0 Å². The summed E-state index contributed by atoms with van der Waals surface area (Å²) in [5, 5.41) is 0. The van der Waals surface area contributed by atoms with E-state index in [1.54, 1.807) is 0 Å². The van der Waals surface area contributed by atoms with E-state index in [1.165, 1.54) is 19.8 Å². The Morgan fingerprint density at radius 3 is 1.55 bits per heavy atom. The van der Waals surface area contributed by atoms with E-state index in [0.717, 1.165) is 6.42 Å². The molecule has 1 aliphatic carbocycles. The summed E-state index contributed by atoms with van der Waals surface area (Å²) in [6.07, 6.45) is 1.80. The van der Waals surface area contributed by atoms with Gasteiger partial charge in [-0.25, -0.2) is 0 Å². The highest BCUT2D eigenvalue weighted by atomic mass is 29.9. The molecule has 1 fully saturated rings. The van der Waals surface area contributed by atoms with Crippen LogP contribution >= 0.6 is 0 Å². The van der Waals surface area contributed by atoms with Gasteiger partial charge in [0, 0.05) is 22.8 Å². The largest absolute Gasteiger partial charge is 0.468 e. The summed E-state index contributed by atoms with van der Waals surface area (Å²) in [7, 11) is -1.79. The van der Waals surface area contributed by atoms with Gasteiger partial charge in [-0.05, 0) is 31.1 Å². The van der Waals surface area contributed by atoms with Crippen LogP contribution in [0.2, 0.25) is 58.9 Å². The fourth-order valence-corrected chi connectivity index (χ4v) is 103. The molecular formula is C23H48O4Si4. The van der Waals surface area contributed by atoms with Crippen LogP contribution in [0.15, 0.2) is 11.3 Å². The van der Waals surface area contributed by atoms with Crippen molar-refractivity contribution < 1.29 is 19.1 Å². The first-order valence-corrected chi connectivity index (χ1v) is 27.3. The summed E-state index contributed by atoms with van der Waals surface area (Å²) in [5.74, 6) is 0.0250. The Morgan fingerprint density at radius 2 is 1.26 bits per heavy atom. The summed E-state index contributed by atoms with van der Waals surface area (Å²) in [6, 6.07) is 0. The van der Waals surface area contributed by atoms with Gasteiger partial charge < -0.3 is 9.47 Å². The van der Waals surface area contributed by atoms with Crippen molar-refractivity contribution >= 4 is 41.3 Å². The fourth-order valence-electron chi connectivity index (χ4n) is 7.20. The van der Waals surface area contributed by atoms with Gasteiger partial charge in [0.2, 0.25) is 0 Å². The number of esters is 2. The second kappa shape index (κ2) is 9.42. The Hall–Kier alpha value is -0.452. The second-order valence-electron chi connectivity index (χ2n) is 12.9. The minimum Gasteiger partial charge on any atom is -0.468 e. The predicted molar refractivity (Wildman–Crippen MR) is 143 cm³/mol. The van der Waals surface area contributed by atoms with E-state index in [2.05, 4.69) is 78.5 Å². The van der Waals surface area contributed by atoms with E-state index in [4.69, 9.17) is 9.47 Å². The number of allylic oxidation sites excluding steroid dienone is 1. The van der Waals surface area contributed by atoms with E-state index >= 15 is 0 Å². The average molecular weight is 501 g/mol. The van der Waals surface area contributed by atoms with Gasteiger partial charge in [-0.3, -0.25) is 9.59 Å². The lowest BCUT2D eigenvalue weighted by atomic mass is 9.65. The first-order chi connectivity index (χ1) is 13.8. The highest BCUT2D eigenvalue weighted by Crippen LogP contribution is 2.49. The van der Waals surface area contributed by atoms with Gasteiger partial charge in [0.05, 0.1) is 20.8 Å². The Morgan fingerprint density at radius 1 is 0.871 bits per heavy atom. The minimum atomic E-state index is -1.78. The molecule has 180 valence electrons. The van der Waals surface area contributed by atoms with Gasteiger partial charge in [0.1, 0.15) is 0 Å². The maximum atomic E-state index is 13.0. The van der Waals surface area contributed by atoms with Crippen molar-refractivity contribution in [1.29, 1.82) is 0 Å². The second-order valence-corrected chi connectivity index (χ2v) is 53.4. The van der Waals surface area contributed by atoms with Crippen molar-refractivity contribution in [3.05, 3.63) is 11.3 Å². The van der Waals surface area contributed by atoms with Crippen molar-refractivity contribution in [3.8, 4) is 0 Å². The van der Waals surface area contributed by atoms with Gasteiger partial charge in [-0.15, -0.1) is 5.70 Å². The number of hydrogen-bond donors (Lipinski definition) is 0. The number of carbonyl (C=O) groups is 2. The lowest BCUT2D eigenvalue weighted by Crippen LogP contribution is -2.82. The highest BCUT2D eigenvalue weighted by Gasteiger charge is 2.61. The maximum absolute atomic E-state index is 13.0. The third-order valence-electron chi connectivity index (χ3n) is 7.77. The van der Waals surface area contributed by atoms with Crippen molar-refractivity contribution in [2.75, 3.05) is 14.2 Å². The quantitative estimate of drug-likeness (QED) is 0.247. The topological polar surface area (TPSA) is 52.6 Å². The molecular weight excluding hydrogens is 453 g/mol. The van der Waals surface area contributed by atoms with Crippen LogP contribution in [0.5, 0.6) is 0 Å². The van der Waals surface area contributed by atoms with Gasteiger partial charge in [0.15, 0.2) is 5.41 Å². The van der Waals surface area contributed by atoms with Crippen LogP contribution in [0.3, 0.4) is 0 Å². The standard InChI is InChI=1S/C23H48O4Si4/c1-18(2)20-14-15-23(21(24)26-3,22(25)27-4)16-19(20)17-31(28(5,6)7,29(8,9)10)30(11,12)13/h17-18,20H,14-16H2,1-13H3/b19-17+/t20-/m1/s1. The normalized spacial score (nSPS) is 21.9. The third kappa shape index (κ3) is 5.06. The number of ether oxygens (including phenoxy) is 2. The highest BCUT2D eigenvalue weighted by molar-refractivity contribution is 7.90. The van der Waals surface area contributed by atoms with Crippen LogP contribution < -0.4 is 0 Å². The number of rotatable bonds is 7. The summed E-state index contributed by atoms with van der Waals surface area (Å²) < 4.78 is 10.3. The van der Waals surface area contributed by atoms with E-state index in [1.807, 2.05) is 0 Å². The van der Waals surface area contributed by atoms with E-state index in [0.29, 0.717) is 24.7 Å². The van der Waals surface area contributed by atoms with Gasteiger partial charge >= 0.3 is 11.9 Å². The van der Waals surface area contributed by atoms with E-state index in [9.17, 15) is 9.59 Å². The lowest BCUT2D eigenvalue weighted by molar-refractivity contribution is -0.171. The maximum Gasteiger partial charge on any atom is 0.323 e. The zero-order valence-electron chi connectivity index (χ0n) is 22.5. The summed E-state index contributed by atoms with van der Waals surface area (Å²) in [5.41, 5.74) is 2.94. The van der Waals surface area contributed by atoms with Crippen molar-refractivity contribution in [3.63, 3.8) is 0 Å². The number of methoxy groups -OCH3 is 2. The number of carbonyl (C=O) groups excluding carboxylic acids is 2. The monoisotopic (exact) mass is 500 g/mol. The Kier molecular flexibility index (Phi) is 8.69. The molecule has 0 unspecified atom stereocenters. The number of hydrogen-bond acceptors (Lipinski definition) is 4. The molecule has 0 bridgehead atoms. The molecule has 0 N–H and O–H groups in total. The van der Waals surface area contributed by atoms with Gasteiger partial charge in [0.25, 0.3) is 0 Å². The molecule has 0 aromatic heterocycles. The summed E-state index contributed by atoms with van der Waals surface area (Å²) in [6.45, 7) is 26.0. The van der Waals surface area contributed by atoms with Crippen LogP contribution in [-0.2, 0) is 19.1 Å². The van der Waals surface area contributed by atoms with E-state index < -0.39 is 46.8 Å². The third-order valence-corrected chi connectivity index (χ3v) is 78.8. The van der Waals surface area contributed by atoms with Crippen LogP contribution in [0, 0.1) is 17.3 Å². The molecule has 31 heavy (non-hydrogen) atoms. The first-order valence-electron chi connectivity index (χ1n) is 11.7. The van der Waals surface area contributed by atoms with Crippen molar-refractivity contribution in [1.82, 2.24) is 0 Å². The lowest BCUT2D eigenvalue weighted by Gasteiger charge is -2.57. The molecule has 0 saturated heterocycles. The van der Waals surface area contributed by atoms with Gasteiger partial charge in [-0.1, -0.05) is 78.3 Å². The Labute approximate surface area is 195 Å². The Bertz CT molecular complexity index is 657. The molecule has 1 saturated carbocycles. The molecule has 0 aliphatic heterocycles. The Balaban J connectivity index is 3.93. The molecule has 0 aromatic rings. The molecule has 0 radical (unpaired) electrons. The van der Waals surface area contributed by atoms with Crippen LogP contribution in [-0.4, -0.2) is 55.6 Å². The zero-order valence-corrected chi connectivity index (χ0v) is 26.5. The van der Waals surface area contributed by atoms with Crippen LogP contribution in [0.25, 0.3) is 0 Å². The van der Waals surface area contributed by atoms with Crippen LogP contribution in [0.1, 0.15) is 33.1 Å². The smallest absolute Gasteiger partial charge is 0.323 e.